The fourth-order valence-corrected chi connectivity index (χ4v) is 3.57. The minimum atomic E-state index is -0.293. The third-order valence-electron chi connectivity index (χ3n) is 4.54. The molecule has 0 aliphatic heterocycles. The molecule has 0 N–H and O–H groups in total. The van der Waals surface area contributed by atoms with Gasteiger partial charge in [0.2, 0.25) is 0 Å². The molecule has 1 saturated carbocycles. The van der Waals surface area contributed by atoms with Crippen LogP contribution in [0.15, 0.2) is 42.5 Å². The zero-order valence-corrected chi connectivity index (χ0v) is 13.4. The second-order valence-corrected chi connectivity index (χ2v) is 6.49. The SMILES string of the molecule is Fc1ccccc1-c1nc(C2CCCC2)c2cc(Cl)ccc2n1. The summed E-state index contributed by atoms with van der Waals surface area (Å²) in [6.45, 7) is 0. The van der Waals surface area contributed by atoms with Crippen molar-refractivity contribution < 1.29 is 4.39 Å². The predicted octanol–water partition coefficient (Wildman–Crippen LogP) is 5.75. The fourth-order valence-electron chi connectivity index (χ4n) is 3.40. The van der Waals surface area contributed by atoms with Crippen molar-refractivity contribution in [1.82, 2.24) is 9.97 Å². The Hall–Kier alpha value is -2.00. The van der Waals surface area contributed by atoms with E-state index in [2.05, 4.69) is 4.98 Å². The lowest BCUT2D eigenvalue weighted by Gasteiger charge is -2.14. The van der Waals surface area contributed by atoms with Crippen LogP contribution >= 0.6 is 11.6 Å². The summed E-state index contributed by atoms with van der Waals surface area (Å²) < 4.78 is 14.1. The molecule has 4 rings (SSSR count). The largest absolute Gasteiger partial charge is 0.232 e. The van der Waals surface area contributed by atoms with E-state index in [-0.39, 0.29) is 5.82 Å². The molecule has 0 spiro atoms. The molecule has 3 aromatic rings. The van der Waals surface area contributed by atoms with Crippen molar-refractivity contribution in [2.45, 2.75) is 31.6 Å². The van der Waals surface area contributed by atoms with E-state index in [1.54, 1.807) is 12.1 Å². The highest BCUT2D eigenvalue weighted by Crippen LogP contribution is 2.38. The Morgan fingerprint density at radius 1 is 1.00 bits per heavy atom. The van der Waals surface area contributed by atoms with Crippen molar-refractivity contribution in [3.8, 4) is 11.4 Å². The van der Waals surface area contributed by atoms with Gasteiger partial charge < -0.3 is 0 Å². The molecule has 1 aliphatic rings. The van der Waals surface area contributed by atoms with Crippen LogP contribution < -0.4 is 0 Å². The molecule has 2 nitrogen and oxygen atoms in total. The second-order valence-electron chi connectivity index (χ2n) is 6.06. The number of benzene rings is 2. The van der Waals surface area contributed by atoms with Gasteiger partial charge in [-0.15, -0.1) is 0 Å². The molecule has 23 heavy (non-hydrogen) atoms. The summed E-state index contributed by atoms with van der Waals surface area (Å²) in [7, 11) is 0. The number of fused-ring (bicyclic) bond motifs is 1. The van der Waals surface area contributed by atoms with Crippen LogP contribution in [0.5, 0.6) is 0 Å². The number of hydrogen-bond donors (Lipinski definition) is 0. The van der Waals surface area contributed by atoms with Gasteiger partial charge in [-0.25, -0.2) is 14.4 Å². The first-order valence-corrected chi connectivity index (χ1v) is 8.32. The van der Waals surface area contributed by atoms with Gasteiger partial charge in [-0.2, -0.15) is 0 Å². The third-order valence-corrected chi connectivity index (χ3v) is 4.78. The van der Waals surface area contributed by atoms with E-state index >= 15 is 0 Å². The normalized spacial score (nSPS) is 15.4. The Bertz CT molecular complexity index is 872. The monoisotopic (exact) mass is 326 g/mol. The van der Waals surface area contributed by atoms with E-state index in [1.165, 1.54) is 18.9 Å². The van der Waals surface area contributed by atoms with Crippen LogP contribution in [0.25, 0.3) is 22.3 Å². The van der Waals surface area contributed by atoms with Crippen LogP contribution in [0.2, 0.25) is 5.02 Å². The zero-order valence-electron chi connectivity index (χ0n) is 12.6. The molecular weight excluding hydrogens is 311 g/mol. The van der Waals surface area contributed by atoms with Crippen LogP contribution in [0.3, 0.4) is 0 Å². The van der Waals surface area contributed by atoms with E-state index < -0.39 is 0 Å². The molecule has 1 aromatic heterocycles. The van der Waals surface area contributed by atoms with E-state index in [4.69, 9.17) is 16.6 Å². The van der Waals surface area contributed by atoms with Crippen LogP contribution in [0, 0.1) is 5.82 Å². The number of hydrogen-bond acceptors (Lipinski definition) is 2. The van der Waals surface area contributed by atoms with Gasteiger partial charge in [0.15, 0.2) is 5.82 Å². The van der Waals surface area contributed by atoms with Gasteiger partial charge in [0.05, 0.1) is 16.8 Å². The molecule has 0 radical (unpaired) electrons. The van der Waals surface area contributed by atoms with Crippen LogP contribution in [0.1, 0.15) is 37.3 Å². The number of halogens is 2. The van der Waals surface area contributed by atoms with Crippen molar-refractivity contribution in [3.63, 3.8) is 0 Å². The molecule has 2 aromatic carbocycles. The summed E-state index contributed by atoms with van der Waals surface area (Å²) in [5.41, 5.74) is 2.28. The first-order valence-electron chi connectivity index (χ1n) is 7.94. The van der Waals surface area contributed by atoms with E-state index in [0.29, 0.717) is 22.3 Å². The van der Waals surface area contributed by atoms with Gasteiger partial charge in [-0.3, -0.25) is 0 Å². The van der Waals surface area contributed by atoms with Gasteiger partial charge in [-0.1, -0.05) is 36.6 Å². The Labute approximate surface area is 139 Å². The fraction of sp³-hybridized carbons (Fsp3) is 0.263. The minimum absolute atomic E-state index is 0.293. The highest BCUT2D eigenvalue weighted by atomic mass is 35.5. The molecule has 0 unspecified atom stereocenters. The van der Waals surface area contributed by atoms with Gasteiger partial charge in [-0.05, 0) is 43.2 Å². The third kappa shape index (κ3) is 2.70. The van der Waals surface area contributed by atoms with Crippen molar-refractivity contribution in [3.05, 3.63) is 59.0 Å². The smallest absolute Gasteiger partial charge is 0.163 e. The van der Waals surface area contributed by atoms with Gasteiger partial charge in [0.25, 0.3) is 0 Å². The number of rotatable bonds is 2. The molecule has 116 valence electrons. The Morgan fingerprint density at radius 2 is 1.78 bits per heavy atom. The second kappa shape index (κ2) is 5.89. The summed E-state index contributed by atoms with van der Waals surface area (Å²) in [4.78, 5) is 9.32. The van der Waals surface area contributed by atoms with Gasteiger partial charge in [0.1, 0.15) is 5.82 Å². The average molecular weight is 327 g/mol. The number of nitrogens with zero attached hydrogens (tertiary/aromatic N) is 2. The molecule has 4 heteroatoms. The lowest BCUT2D eigenvalue weighted by atomic mass is 9.99. The topological polar surface area (TPSA) is 25.8 Å². The predicted molar refractivity (Wildman–Crippen MR) is 91.2 cm³/mol. The van der Waals surface area contributed by atoms with Gasteiger partial charge >= 0.3 is 0 Å². The molecular formula is C19H16ClFN2. The van der Waals surface area contributed by atoms with Crippen molar-refractivity contribution in [1.29, 1.82) is 0 Å². The molecule has 0 bridgehead atoms. The van der Waals surface area contributed by atoms with E-state index in [9.17, 15) is 4.39 Å². The average Bonchev–Trinajstić information content (AvgIpc) is 3.09. The minimum Gasteiger partial charge on any atom is -0.232 e. The van der Waals surface area contributed by atoms with Crippen molar-refractivity contribution >= 4 is 22.5 Å². The highest BCUT2D eigenvalue weighted by Gasteiger charge is 2.23. The first-order chi connectivity index (χ1) is 11.2. The van der Waals surface area contributed by atoms with E-state index in [1.807, 2.05) is 24.3 Å². The molecule has 0 atom stereocenters. The Kier molecular flexibility index (Phi) is 3.74. The standard InChI is InChI=1S/C19H16ClFN2/c20-13-9-10-17-15(11-13)18(12-5-1-2-6-12)23-19(22-17)14-7-3-4-8-16(14)21/h3-4,7-12H,1-2,5-6H2. The maximum absolute atomic E-state index is 14.1. The molecule has 0 amide bonds. The maximum Gasteiger partial charge on any atom is 0.163 e. The highest BCUT2D eigenvalue weighted by molar-refractivity contribution is 6.31. The van der Waals surface area contributed by atoms with E-state index in [0.717, 1.165) is 29.4 Å². The van der Waals surface area contributed by atoms with Crippen molar-refractivity contribution in [2.24, 2.45) is 0 Å². The molecule has 1 heterocycles. The summed E-state index contributed by atoms with van der Waals surface area (Å²) in [5.74, 6) is 0.572. The van der Waals surface area contributed by atoms with Crippen LogP contribution in [-0.2, 0) is 0 Å². The zero-order chi connectivity index (χ0) is 15.8. The van der Waals surface area contributed by atoms with Crippen LogP contribution in [-0.4, -0.2) is 9.97 Å². The maximum atomic E-state index is 14.1. The number of aromatic nitrogens is 2. The Morgan fingerprint density at radius 3 is 2.57 bits per heavy atom. The summed E-state index contributed by atoms with van der Waals surface area (Å²) in [6, 6.07) is 12.3. The van der Waals surface area contributed by atoms with Crippen molar-refractivity contribution in [2.75, 3.05) is 0 Å². The van der Waals surface area contributed by atoms with Gasteiger partial charge in [0, 0.05) is 16.3 Å². The lowest BCUT2D eigenvalue weighted by molar-refractivity contribution is 0.629. The summed E-state index contributed by atoms with van der Waals surface area (Å²) in [6.07, 6.45) is 4.67. The first kappa shape index (κ1) is 14.6. The molecule has 1 aliphatic carbocycles. The Balaban J connectivity index is 1.96. The lowest BCUT2D eigenvalue weighted by Crippen LogP contribution is -2.03. The quantitative estimate of drug-likeness (QED) is 0.599. The summed E-state index contributed by atoms with van der Waals surface area (Å²) in [5, 5.41) is 1.67. The summed E-state index contributed by atoms with van der Waals surface area (Å²) >= 11 is 6.16. The molecule has 1 fully saturated rings. The van der Waals surface area contributed by atoms with Crippen LogP contribution in [0.4, 0.5) is 4.39 Å². The molecule has 0 saturated heterocycles.